The Labute approximate surface area is 81.4 Å². The smallest absolute Gasteiger partial charge is 0.170 e. The summed E-state index contributed by atoms with van der Waals surface area (Å²) in [5.74, 6) is 0.0601. The molecule has 0 aromatic carbocycles. The summed E-state index contributed by atoms with van der Waals surface area (Å²) in [6.07, 6.45) is 6.71. The molecule has 70 valence electrons. The summed E-state index contributed by atoms with van der Waals surface area (Å²) in [7, 11) is 0. The average molecular weight is 187 g/mol. The van der Waals surface area contributed by atoms with Crippen LogP contribution in [-0.2, 0) is 6.42 Å². The van der Waals surface area contributed by atoms with Crippen molar-refractivity contribution in [3.8, 4) is 0 Å². The summed E-state index contributed by atoms with van der Waals surface area (Å²) in [5.41, 5.74) is 1.58. The minimum Gasteiger partial charge on any atom is -0.472 e. The van der Waals surface area contributed by atoms with Crippen LogP contribution in [0.15, 0.2) is 47.5 Å². The third-order valence-electron chi connectivity index (χ3n) is 1.96. The fourth-order valence-electron chi connectivity index (χ4n) is 1.21. The summed E-state index contributed by atoms with van der Waals surface area (Å²) < 4.78 is 4.84. The number of carbonyl (C=O) groups excluding carboxylic acids is 1. The van der Waals surface area contributed by atoms with E-state index in [1.54, 1.807) is 18.5 Å². The lowest BCUT2D eigenvalue weighted by atomic mass is 10.1. The molecule has 0 fully saturated rings. The molecule has 0 aliphatic carbocycles. The molecule has 2 rings (SSSR count). The fraction of sp³-hybridized carbons (Fsp3) is 0.0909. The van der Waals surface area contributed by atoms with Crippen LogP contribution >= 0.6 is 0 Å². The van der Waals surface area contributed by atoms with Crippen LogP contribution in [-0.4, -0.2) is 10.8 Å². The monoisotopic (exact) mass is 187 g/mol. The lowest BCUT2D eigenvalue weighted by Crippen LogP contribution is -2.01. The van der Waals surface area contributed by atoms with Gasteiger partial charge in [-0.2, -0.15) is 0 Å². The van der Waals surface area contributed by atoms with Gasteiger partial charge in [-0.15, -0.1) is 0 Å². The van der Waals surface area contributed by atoms with Crippen molar-refractivity contribution in [1.29, 1.82) is 0 Å². The van der Waals surface area contributed by atoms with Crippen molar-refractivity contribution in [2.45, 2.75) is 6.42 Å². The van der Waals surface area contributed by atoms with Crippen LogP contribution in [0.1, 0.15) is 15.9 Å². The molecule has 0 amide bonds. The zero-order chi connectivity index (χ0) is 9.80. The highest BCUT2D eigenvalue weighted by Gasteiger charge is 2.07. The van der Waals surface area contributed by atoms with Crippen LogP contribution in [0.4, 0.5) is 0 Å². The van der Waals surface area contributed by atoms with E-state index < -0.39 is 0 Å². The number of pyridine rings is 1. The number of hydrogen-bond donors (Lipinski definition) is 0. The summed E-state index contributed by atoms with van der Waals surface area (Å²) in [4.78, 5) is 15.5. The molecule has 0 saturated carbocycles. The van der Waals surface area contributed by atoms with Crippen molar-refractivity contribution in [2.24, 2.45) is 0 Å². The molecule has 0 atom stereocenters. The molecule has 0 aliphatic heterocycles. The van der Waals surface area contributed by atoms with Crippen molar-refractivity contribution in [3.63, 3.8) is 0 Å². The number of ketones is 1. The number of carbonyl (C=O) groups is 1. The topological polar surface area (TPSA) is 43.1 Å². The first kappa shape index (κ1) is 8.69. The van der Waals surface area contributed by atoms with Gasteiger partial charge in [0.1, 0.15) is 6.26 Å². The van der Waals surface area contributed by atoms with E-state index in [4.69, 9.17) is 4.42 Å². The summed E-state index contributed by atoms with van der Waals surface area (Å²) in [6.45, 7) is 0. The summed E-state index contributed by atoms with van der Waals surface area (Å²) in [6, 6.07) is 5.33. The van der Waals surface area contributed by atoms with Gasteiger partial charge in [0, 0.05) is 18.8 Å². The molecule has 0 radical (unpaired) electrons. The Bertz CT molecular complexity index is 406. The molecule has 3 heteroatoms. The van der Waals surface area contributed by atoms with Gasteiger partial charge in [-0.25, -0.2) is 0 Å². The zero-order valence-electron chi connectivity index (χ0n) is 7.51. The van der Waals surface area contributed by atoms with Crippen molar-refractivity contribution < 1.29 is 9.21 Å². The Morgan fingerprint density at radius 1 is 1.29 bits per heavy atom. The van der Waals surface area contributed by atoms with Crippen LogP contribution in [0, 0.1) is 0 Å². The second-order valence-corrected chi connectivity index (χ2v) is 2.97. The molecular formula is C11H9NO2. The molecule has 0 bridgehead atoms. The number of hydrogen-bond acceptors (Lipinski definition) is 3. The molecule has 2 heterocycles. The van der Waals surface area contributed by atoms with Gasteiger partial charge >= 0.3 is 0 Å². The Kier molecular flexibility index (Phi) is 2.40. The lowest BCUT2D eigenvalue weighted by molar-refractivity contribution is 0.0992. The molecule has 3 nitrogen and oxygen atoms in total. The number of furan rings is 1. The second-order valence-electron chi connectivity index (χ2n) is 2.97. The van der Waals surface area contributed by atoms with Crippen LogP contribution in [0.25, 0.3) is 0 Å². The van der Waals surface area contributed by atoms with Gasteiger partial charge in [0.2, 0.25) is 0 Å². The molecule has 0 saturated heterocycles. The number of Topliss-reactive ketones (excluding diaryl/α,β-unsaturated/α-hetero) is 1. The van der Waals surface area contributed by atoms with E-state index in [2.05, 4.69) is 4.98 Å². The SMILES string of the molecule is O=C(Cc1ccncc1)c1ccoc1. The van der Waals surface area contributed by atoms with E-state index in [1.807, 2.05) is 12.1 Å². The van der Waals surface area contributed by atoms with E-state index in [-0.39, 0.29) is 5.78 Å². The minimum absolute atomic E-state index is 0.0601. The van der Waals surface area contributed by atoms with Crippen LogP contribution in [0.5, 0.6) is 0 Å². The third-order valence-corrected chi connectivity index (χ3v) is 1.96. The van der Waals surface area contributed by atoms with E-state index >= 15 is 0 Å². The number of rotatable bonds is 3. The van der Waals surface area contributed by atoms with Gasteiger partial charge in [0.15, 0.2) is 5.78 Å². The Balaban J connectivity index is 2.10. The Morgan fingerprint density at radius 2 is 2.07 bits per heavy atom. The first-order valence-electron chi connectivity index (χ1n) is 4.30. The number of nitrogens with zero attached hydrogens (tertiary/aromatic N) is 1. The molecule has 0 N–H and O–H groups in total. The molecule has 2 aromatic rings. The maximum absolute atomic E-state index is 11.6. The summed E-state index contributed by atoms with van der Waals surface area (Å²) >= 11 is 0. The van der Waals surface area contributed by atoms with Gasteiger partial charge in [-0.05, 0) is 23.8 Å². The van der Waals surface area contributed by atoms with E-state index in [1.165, 1.54) is 12.5 Å². The van der Waals surface area contributed by atoms with E-state index in [0.29, 0.717) is 12.0 Å². The molecule has 0 unspecified atom stereocenters. The molecular weight excluding hydrogens is 178 g/mol. The fourth-order valence-corrected chi connectivity index (χ4v) is 1.21. The predicted octanol–water partition coefficient (Wildman–Crippen LogP) is 2.10. The van der Waals surface area contributed by atoms with Crippen molar-refractivity contribution in [3.05, 3.63) is 54.2 Å². The molecule has 0 aliphatic rings. The van der Waals surface area contributed by atoms with Gasteiger partial charge in [-0.3, -0.25) is 9.78 Å². The minimum atomic E-state index is 0.0601. The highest BCUT2D eigenvalue weighted by molar-refractivity contribution is 5.97. The molecule has 14 heavy (non-hydrogen) atoms. The zero-order valence-corrected chi connectivity index (χ0v) is 7.51. The van der Waals surface area contributed by atoms with Crippen molar-refractivity contribution in [1.82, 2.24) is 4.98 Å². The second kappa shape index (κ2) is 3.87. The average Bonchev–Trinajstić information content (AvgIpc) is 2.72. The first-order valence-corrected chi connectivity index (χ1v) is 4.30. The van der Waals surface area contributed by atoms with Crippen LogP contribution in [0.3, 0.4) is 0 Å². The largest absolute Gasteiger partial charge is 0.472 e. The van der Waals surface area contributed by atoms with Gasteiger partial charge in [-0.1, -0.05) is 0 Å². The quantitative estimate of drug-likeness (QED) is 0.691. The molecule has 0 spiro atoms. The van der Waals surface area contributed by atoms with Gasteiger partial charge in [0.05, 0.1) is 11.8 Å². The Morgan fingerprint density at radius 3 is 2.71 bits per heavy atom. The van der Waals surface area contributed by atoms with Crippen molar-refractivity contribution in [2.75, 3.05) is 0 Å². The highest BCUT2D eigenvalue weighted by atomic mass is 16.3. The van der Waals surface area contributed by atoms with E-state index in [9.17, 15) is 4.79 Å². The van der Waals surface area contributed by atoms with Crippen molar-refractivity contribution >= 4 is 5.78 Å². The maximum Gasteiger partial charge on any atom is 0.170 e. The highest BCUT2D eigenvalue weighted by Crippen LogP contribution is 2.06. The van der Waals surface area contributed by atoms with Gasteiger partial charge in [0.25, 0.3) is 0 Å². The lowest BCUT2D eigenvalue weighted by Gasteiger charge is -1.96. The molecule has 2 aromatic heterocycles. The third kappa shape index (κ3) is 1.88. The van der Waals surface area contributed by atoms with Crippen LogP contribution < -0.4 is 0 Å². The Hall–Kier alpha value is -1.90. The maximum atomic E-state index is 11.6. The van der Waals surface area contributed by atoms with Crippen LogP contribution in [0.2, 0.25) is 0 Å². The number of aromatic nitrogens is 1. The van der Waals surface area contributed by atoms with E-state index in [0.717, 1.165) is 5.56 Å². The standard InChI is InChI=1S/C11H9NO2/c13-11(10-3-6-14-8-10)7-9-1-4-12-5-2-9/h1-6,8H,7H2. The van der Waals surface area contributed by atoms with Gasteiger partial charge < -0.3 is 4.42 Å². The normalized spacial score (nSPS) is 10.0. The first-order chi connectivity index (χ1) is 6.86. The summed E-state index contributed by atoms with van der Waals surface area (Å²) in [5, 5.41) is 0. The predicted molar refractivity (Wildman–Crippen MR) is 51.0 cm³/mol.